The minimum Gasteiger partial charge on any atom is -0.457 e. The van der Waals surface area contributed by atoms with Crippen LogP contribution in [-0.2, 0) is 5.41 Å². The van der Waals surface area contributed by atoms with E-state index in [-0.39, 0.29) is 0 Å². The largest absolute Gasteiger partial charge is 0.457 e. The van der Waals surface area contributed by atoms with Gasteiger partial charge in [-0.3, -0.25) is 0 Å². The zero-order valence-electron chi connectivity index (χ0n) is 21.3. The number of hydrogen-bond donors (Lipinski definition) is 0. The van der Waals surface area contributed by atoms with Gasteiger partial charge in [-0.05, 0) is 64.3 Å². The lowest BCUT2D eigenvalue weighted by Crippen LogP contribution is -2.33. The molecule has 6 aromatic carbocycles. The van der Waals surface area contributed by atoms with Gasteiger partial charge in [-0.25, -0.2) is 0 Å². The highest BCUT2D eigenvalue weighted by molar-refractivity contribution is 7.79. The Morgan fingerprint density at radius 2 is 0.872 bits per heavy atom. The van der Waals surface area contributed by atoms with Crippen molar-refractivity contribution in [1.29, 1.82) is 0 Å². The predicted molar refractivity (Wildman–Crippen MR) is 163 cm³/mol. The molecular weight excluding hydrogens is 491 g/mol. The number of rotatable bonds is 3. The zero-order valence-corrected chi connectivity index (χ0v) is 22.2. The van der Waals surface area contributed by atoms with E-state index in [1.165, 1.54) is 49.3 Å². The molecule has 1 heterocycles. The Morgan fingerprint density at radius 3 is 1.49 bits per heavy atom. The quantitative estimate of drug-likeness (QED) is 0.217. The number of fused-ring (bicyclic) bond motifs is 9. The summed E-state index contributed by atoms with van der Waals surface area (Å²) >= 11 is 0. The number of para-hydroxylation sites is 1. The first-order chi connectivity index (χ1) is 19.4. The topological polar surface area (TPSA) is 9.23 Å². The van der Waals surface area contributed by atoms with Crippen molar-refractivity contribution >= 4 is 23.8 Å². The summed E-state index contributed by atoms with van der Waals surface area (Å²) in [6.07, 6.45) is 0. The molecule has 2 aliphatic rings. The van der Waals surface area contributed by atoms with Crippen molar-refractivity contribution in [3.05, 3.63) is 174 Å². The molecule has 2 heteroatoms. The first-order valence-corrected chi connectivity index (χ1v) is 14.7. The molecule has 1 nitrogen and oxygen atoms in total. The van der Waals surface area contributed by atoms with Crippen LogP contribution in [0.5, 0.6) is 11.5 Å². The maximum atomic E-state index is 6.65. The summed E-state index contributed by atoms with van der Waals surface area (Å²) in [5, 5.41) is 4.01. The smallest absolute Gasteiger partial charge is 0.132 e. The predicted octanol–water partition coefficient (Wildman–Crippen LogP) is 7.91. The van der Waals surface area contributed by atoms with Crippen molar-refractivity contribution in [2.24, 2.45) is 0 Å². The average molecular weight is 517 g/mol. The van der Waals surface area contributed by atoms with Crippen LogP contribution in [0.15, 0.2) is 152 Å². The van der Waals surface area contributed by atoms with Gasteiger partial charge in [0.2, 0.25) is 0 Å². The highest BCUT2D eigenvalue weighted by Crippen LogP contribution is 2.62. The second kappa shape index (κ2) is 8.80. The molecule has 0 radical (unpaired) electrons. The molecule has 39 heavy (non-hydrogen) atoms. The SMILES string of the molecule is c1ccc(P(c2ccccc2)c2ccc3c(c2)C2(c4ccccc4O3)c3ccccc3-c3ccccc32)cc1. The molecule has 1 aliphatic carbocycles. The van der Waals surface area contributed by atoms with Gasteiger partial charge in [0.25, 0.3) is 0 Å². The van der Waals surface area contributed by atoms with Crippen LogP contribution in [0.3, 0.4) is 0 Å². The number of hydrogen-bond acceptors (Lipinski definition) is 1. The van der Waals surface area contributed by atoms with Crippen LogP contribution >= 0.6 is 7.92 Å². The van der Waals surface area contributed by atoms with Crippen LogP contribution in [0.2, 0.25) is 0 Å². The van der Waals surface area contributed by atoms with Crippen LogP contribution < -0.4 is 20.7 Å². The van der Waals surface area contributed by atoms with Gasteiger partial charge in [-0.1, -0.05) is 133 Å². The normalized spacial score (nSPS) is 13.8. The van der Waals surface area contributed by atoms with Crippen LogP contribution in [0.1, 0.15) is 22.3 Å². The van der Waals surface area contributed by atoms with Crippen LogP contribution in [-0.4, -0.2) is 0 Å². The van der Waals surface area contributed by atoms with E-state index in [9.17, 15) is 0 Å². The summed E-state index contributed by atoms with van der Waals surface area (Å²) in [6, 6.07) is 55.2. The molecule has 1 aliphatic heterocycles. The molecule has 0 unspecified atom stereocenters. The molecule has 8 rings (SSSR count). The fourth-order valence-corrected chi connectivity index (χ4v) is 8.90. The van der Waals surface area contributed by atoms with Crippen molar-refractivity contribution in [2.45, 2.75) is 5.41 Å². The van der Waals surface area contributed by atoms with Crippen molar-refractivity contribution in [3.8, 4) is 22.6 Å². The molecule has 6 aromatic rings. The van der Waals surface area contributed by atoms with E-state index in [1.807, 2.05) is 0 Å². The molecule has 0 fully saturated rings. The average Bonchev–Trinajstić information content (AvgIpc) is 3.30. The zero-order chi connectivity index (χ0) is 25.8. The summed E-state index contributed by atoms with van der Waals surface area (Å²) in [7, 11) is -0.750. The minimum atomic E-state index is -0.750. The number of benzene rings is 6. The fraction of sp³-hybridized carbons (Fsp3) is 0.0270. The van der Waals surface area contributed by atoms with E-state index in [2.05, 4.69) is 152 Å². The molecule has 0 amide bonds. The molecule has 0 saturated carbocycles. The fourth-order valence-electron chi connectivity index (χ4n) is 6.58. The van der Waals surface area contributed by atoms with Gasteiger partial charge in [0.05, 0.1) is 5.41 Å². The summed E-state index contributed by atoms with van der Waals surface area (Å²) in [5.74, 6) is 1.86. The molecule has 0 bridgehead atoms. The van der Waals surface area contributed by atoms with Gasteiger partial charge in [-0.15, -0.1) is 0 Å². The molecule has 0 saturated heterocycles. The van der Waals surface area contributed by atoms with E-state index in [0.717, 1.165) is 11.5 Å². The highest BCUT2D eigenvalue weighted by Gasteiger charge is 2.51. The third-order valence-corrected chi connectivity index (χ3v) is 10.5. The first-order valence-electron chi connectivity index (χ1n) is 13.4. The van der Waals surface area contributed by atoms with Crippen molar-refractivity contribution < 1.29 is 4.74 Å². The van der Waals surface area contributed by atoms with Gasteiger partial charge >= 0.3 is 0 Å². The van der Waals surface area contributed by atoms with Crippen LogP contribution in [0, 0.1) is 0 Å². The molecular formula is C37H25OP. The second-order valence-corrected chi connectivity index (χ2v) is 12.3. The van der Waals surface area contributed by atoms with Crippen LogP contribution in [0.4, 0.5) is 0 Å². The molecule has 0 aromatic heterocycles. The molecule has 0 N–H and O–H groups in total. The van der Waals surface area contributed by atoms with Crippen molar-refractivity contribution in [1.82, 2.24) is 0 Å². The third kappa shape index (κ3) is 3.24. The van der Waals surface area contributed by atoms with Gasteiger partial charge in [-0.2, -0.15) is 0 Å². The lowest BCUT2D eigenvalue weighted by molar-refractivity contribution is 0.436. The Kier molecular flexibility index (Phi) is 5.08. The Balaban J connectivity index is 1.46. The Bertz CT molecular complexity index is 1760. The van der Waals surface area contributed by atoms with Gasteiger partial charge < -0.3 is 4.74 Å². The lowest BCUT2D eigenvalue weighted by atomic mass is 9.66. The van der Waals surface area contributed by atoms with Gasteiger partial charge in [0.1, 0.15) is 11.5 Å². The van der Waals surface area contributed by atoms with Gasteiger partial charge in [0, 0.05) is 11.1 Å². The Morgan fingerprint density at radius 1 is 0.385 bits per heavy atom. The third-order valence-electron chi connectivity index (χ3n) is 8.12. The Hall–Kier alpha value is -4.45. The minimum absolute atomic E-state index is 0.443. The molecule has 0 atom stereocenters. The standard InChI is InChI=1S/C37H25OP/c1-3-13-26(14-4-1)39(27-15-5-2-6-16-27)28-23-24-36-34(25-28)37(33-21-11-12-22-35(33)38-36)31-19-9-7-17-29(31)30-18-8-10-20-32(30)37/h1-25H. The summed E-state index contributed by atoms with van der Waals surface area (Å²) in [4.78, 5) is 0. The second-order valence-electron chi connectivity index (χ2n) is 10.1. The van der Waals surface area contributed by atoms with Crippen molar-refractivity contribution in [3.63, 3.8) is 0 Å². The summed E-state index contributed by atoms with van der Waals surface area (Å²) in [6.45, 7) is 0. The lowest BCUT2D eigenvalue weighted by Gasteiger charge is -2.40. The maximum Gasteiger partial charge on any atom is 0.132 e. The summed E-state index contributed by atoms with van der Waals surface area (Å²) < 4.78 is 6.65. The van der Waals surface area contributed by atoms with Crippen LogP contribution in [0.25, 0.3) is 11.1 Å². The Labute approximate surface area is 230 Å². The van der Waals surface area contributed by atoms with E-state index in [1.54, 1.807) is 0 Å². The van der Waals surface area contributed by atoms with Gasteiger partial charge in [0.15, 0.2) is 0 Å². The van der Waals surface area contributed by atoms with E-state index < -0.39 is 13.3 Å². The highest BCUT2D eigenvalue weighted by atomic mass is 31.1. The monoisotopic (exact) mass is 516 g/mol. The summed E-state index contributed by atoms with van der Waals surface area (Å²) in [5.41, 5.74) is 7.23. The molecule has 184 valence electrons. The first kappa shape index (κ1) is 22.5. The number of ether oxygens (including phenoxy) is 1. The maximum absolute atomic E-state index is 6.65. The van der Waals surface area contributed by atoms with E-state index >= 15 is 0 Å². The molecule has 1 spiro atoms. The van der Waals surface area contributed by atoms with Crippen molar-refractivity contribution in [2.75, 3.05) is 0 Å². The van der Waals surface area contributed by atoms with E-state index in [4.69, 9.17) is 4.74 Å². The van der Waals surface area contributed by atoms with E-state index in [0.29, 0.717) is 0 Å².